The van der Waals surface area contributed by atoms with Gasteiger partial charge < -0.3 is 9.47 Å². The molecule has 0 N–H and O–H groups in total. The molecule has 2 aliphatic heterocycles. The number of benzene rings is 1. The number of non-ortho nitro benzene ring substituents is 1. The zero-order valence-corrected chi connectivity index (χ0v) is 10.6. The van der Waals surface area contributed by atoms with Gasteiger partial charge in [-0.3, -0.25) is 15.0 Å². The summed E-state index contributed by atoms with van der Waals surface area (Å²) in [4.78, 5) is 12.6. The van der Waals surface area contributed by atoms with Crippen molar-refractivity contribution in [1.82, 2.24) is 4.90 Å². The van der Waals surface area contributed by atoms with Gasteiger partial charge in [0.15, 0.2) is 11.5 Å². The van der Waals surface area contributed by atoms with E-state index in [0.29, 0.717) is 18.1 Å². The summed E-state index contributed by atoms with van der Waals surface area (Å²) in [6.07, 6.45) is 2.50. The van der Waals surface area contributed by atoms with Gasteiger partial charge in [-0.1, -0.05) is 0 Å². The summed E-state index contributed by atoms with van der Waals surface area (Å²) in [6.45, 7) is 3.54. The van der Waals surface area contributed by atoms with Crippen molar-refractivity contribution in [3.05, 3.63) is 28.3 Å². The first-order chi connectivity index (χ1) is 9.22. The Morgan fingerprint density at radius 2 is 2.11 bits per heavy atom. The zero-order chi connectivity index (χ0) is 13.2. The van der Waals surface area contributed by atoms with E-state index in [2.05, 4.69) is 4.90 Å². The average Bonchev–Trinajstić information content (AvgIpc) is 2.91. The SMILES string of the molecule is O=[N+]([O-])c1ccc2c(c1)OCC(CN1CCCC1)O2. The molecular formula is C13H16N2O4. The Labute approximate surface area is 111 Å². The van der Waals surface area contributed by atoms with Crippen molar-refractivity contribution >= 4 is 5.69 Å². The van der Waals surface area contributed by atoms with E-state index >= 15 is 0 Å². The number of nitro groups is 1. The van der Waals surface area contributed by atoms with Gasteiger partial charge in [0, 0.05) is 12.6 Å². The van der Waals surface area contributed by atoms with Gasteiger partial charge in [-0.2, -0.15) is 0 Å². The number of fused-ring (bicyclic) bond motifs is 1. The summed E-state index contributed by atoms with van der Waals surface area (Å²) in [6, 6.07) is 4.48. The maximum Gasteiger partial charge on any atom is 0.273 e. The minimum absolute atomic E-state index is 0.00653. The van der Waals surface area contributed by atoms with Crippen molar-refractivity contribution in [1.29, 1.82) is 0 Å². The molecule has 0 bridgehead atoms. The fourth-order valence-corrected chi connectivity index (χ4v) is 2.56. The molecule has 19 heavy (non-hydrogen) atoms. The Balaban J connectivity index is 1.68. The summed E-state index contributed by atoms with van der Waals surface area (Å²) in [7, 11) is 0. The number of rotatable bonds is 3. The molecule has 1 atom stereocenters. The molecule has 1 unspecified atom stereocenters. The summed E-state index contributed by atoms with van der Waals surface area (Å²) >= 11 is 0. The molecular weight excluding hydrogens is 248 g/mol. The molecule has 1 aromatic rings. The van der Waals surface area contributed by atoms with Crippen molar-refractivity contribution < 1.29 is 14.4 Å². The lowest BCUT2D eigenvalue weighted by Crippen LogP contribution is -2.39. The van der Waals surface area contributed by atoms with E-state index in [0.717, 1.165) is 19.6 Å². The van der Waals surface area contributed by atoms with Crippen LogP contribution in [0, 0.1) is 10.1 Å². The fraction of sp³-hybridized carbons (Fsp3) is 0.538. The number of hydrogen-bond acceptors (Lipinski definition) is 5. The quantitative estimate of drug-likeness (QED) is 0.615. The Kier molecular flexibility index (Phi) is 3.25. The third-order valence-electron chi connectivity index (χ3n) is 3.52. The molecule has 6 heteroatoms. The van der Waals surface area contributed by atoms with Crippen LogP contribution < -0.4 is 9.47 Å². The summed E-state index contributed by atoms with van der Waals surface area (Å²) < 4.78 is 11.4. The predicted octanol–water partition coefficient (Wildman–Crippen LogP) is 1.83. The number of ether oxygens (including phenoxy) is 2. The number of nitrogens with zero attached hydrogens (tertiary/aromatic N) is 2. The first kappa shape index (κ1) is 12.2. The molecule has 0 spiro atoms. The molecule has 1 saturated heterocycles. The standard InChI is InChI=1S/C13H16N2O4/c16-15(17)10-3-4-12-13(7-10)18-9-11(19-12)8-14-5-1-2-6-14/h3-4,7,11H,1-2,5-6,8-9H2. The highest BCUT2D eigenvalue weighted by Gasteiger charge is 2.25. The van der Waals surface area contributed by atoms with Crippen molar-refractivity contribution in [2.24, 2.45) is 0 Å². The van der Waals surface area contributed by atoms with Crippen LogP contribution in [0.1, 0.15) is 12.8 Å². The van der Waals surface area contributed by atoms with Crippen LogP contribution >= 0.6 is 0 Å². The van der Waals surface area contributed by atoms with Gasteiger partial charge in [0.25, 0.3) is 5.69 Å². The molecule has 0 aromatic heterocycles. The Hall–Kier alpha value is -1.82. The fourth-order valence-electron chi connectivity index (χ4n) is 2.56. The van der Waals surface area contributed by atoms with Gasteiger partial charge in [-0.25, -0.2) is 0 Å². The first-order valence-electron chi connectivity index (χ1n) is 6.52. The van der Waals surface area contributed by atoms with Crippen LogP contribution in [0.2, 0.25) is 0 Å². The van der Waals surface area contributed by atoms with Gasteiger partial charge in [-0.05, 0) is 32.0 Å². The van der Waals surface area contributed by atoms with E-state index in [-0.39, 0.29) is 11.8 Å². The number of nitro benzene ring substituents is 1. The van der Waals surface area contributed by atoms with Crippen molar-refractivity contribution in [2.45, 2.75) is 18.9 Å². The molecule has 0 saturated carbocycles. The van der Waals surface area contributed by atoms with Crippen LogP contribution in [0.15, 0.2) is 18.2 Å². The van der Waals surface area contributed by atoms with Crippen molar-refractivity contribution in [3.8, 4) is 11.5 Å². The molecule has 6 nitrogen and oxygen atoms in total. The van der Waals surface area contributed by atoms with Crippen LogP contribution in [0.25, 0.3) is 0 Å². The largest absolute Gasteiger partial charge is 0.486 e. The molecule has 0 aliphatic carbocycles. The van der Waals surface area contributed by atoms with Crippen LogP contribution in [0.5, 0.6) is 11.5 Å². The summed E-state index contributed by atoms with van der Waals surface area (Å²) in [5.74, 6) is 1.06. The van der Waals surface area contributed by atoms with Crippen LogP contribution in [-0.4, -0.2) is 42.2 Å². The molecule has 1 fully saturated rings. The maximum absolute atomic E-state index is 10.7. The second-order valence-corrected chi connectivity index (χ2v) is 4.95. The Morgan fingerprint density at radius 1 is 1.32 bits per heavy atom. The molecule has 2 aliphatic rings. The van der Waals surface area contributed by atoms with E-state index in [1.165, 1.54) is 25.0 Å². The third kappa shape index (κ3) is 2.63. The van der Waals surface area contributed by atoms with Gasteiger partial charge in [0.1, 0.15) is 12.7 Å². The Morgan fingerprint density at radius 3 is 2.84 bits per heavy atom. The monoisotopic (exact) mass is 264 g/mol. The van der Waals surface area contributed by atoms with Gasteiger partial charge in [-0.15, -0.1) is 0 Å². The van der Waals surface area contributed by atoms with Gasteiger partial charge in [0.2, 0.25) is 0 Å². The molecule has 0 radical (unpaired) electrons. The predicted molar refractivity (Wildman–Crippen MR) is 68.7 cm³/mol. The smallest absolute Gasteiger partial charge is 0.273 e. The Bertz CT molecular complexity index is 486. The zero-order valence-electron chi connectivity index (χ0n) is 10.6. The average molecular weight is 264 g/mol. The minimum Gasteiger partial charge on any atom is -0.486 e. The molecule has 102 valence electrons. The summed E-state index contributed by atoms with van der Waals surface area (Å²) in [5.41, 5.74) is 0.0281. The molecule has 2 heterocycles. The van der Waals surface area contributed by atoms with Crippen molar-refractivity contribution in [3.63, 3.8) is 0 Å². The molecule has 1 aromatic carbocycles. The molecule has 0 amide bonds. The van der Waals surface area contributed by atoms with E-state index in [1.807, 2.05) is 0 Å². The van der Waals surface area contributed by atoms with E-state index in [4.69, 9.17) is 9.47 Å². The lowest BCUT2D eigenvalue weighted by atomic mass is 10.2. The third-order valence-corrected chi connectivity index (χ3v) is 3.52. The van der Waals surface area contributed by atoms with Gasteiger partial charge >= 0.3 is 0 Å². The van der Waals surface area contributed by atoms with E-state index in [9.17, 15) is 10.1 Å². The minimum atomic E-state index is -0.431. The molecule has 3 rings (SSSR count). The van der Waals surface area contributed by atoms with Crippen LogP contribution in [0.4, 0.5) is 5.69 Å². The number of likely N-dealkylation sites (tertiary alicyclic amines) is 1. The summed E-state index contributed by atoms with van der Waals surface area (Å²) in [5, 5.41) is 10.7. The maximum atomic E-state index is 10.7. The topological polar surface area (TPSA) is 64.8 Å². The highest BCUT2D eigenvalue weighted by atomic mass is 16.6. The van der Waals surface area contributed by atoms with Gasteiger partial charge in [0.05, 0.1) is 11.0 Å². The van der Waals surface area contributed by atoms with Crippen LogP contribution in [0.3, 0.4) is 0 Å². The highest BCUT2D eigenvalue weighted by molar-refractivity contribution is 5.49. The van der Waals surface area contributed by atoms with E-state index < -0.39 is 4.92 Å². The lowest BCUT2D eigenvalue weighted by molar-refractivity contribution is -0.385. The second-order valence-electron chi connectivity index (χ2n) is 4.95. The highest BCUT2D eigenvalue weighted by Crippen LogP contribution is 2.35. The van der Waals surface area contributed by atoms with Crippen molar-refractivity contribution in [2.75, 3.05) is 26.2 Å². The normalized spacial score (nSPS) is 22.4. The lowest BCUT2D eigenvalue weighted by Gasteiger charge is -2.29. The first-order valence-corrected chi connectivity index (χ1v) is 6.52. The van der Waals surface area contributed by atoms with E-state index in [1.54, 1.807) is 6.07 Å². The number of hydrogen-bond donors (Lipinski definition) is 0. The second kappa shape index (κ2) is 5.05. The van der Waals surface area contributed by atoms with Crippen LogP contribution in [-0.2, 0) is 0 Å².